The van der Waals surface area contributed by atoms with Crippen LogP contribution in [0.25, 0.3) is 0 Å². The van der Waals surface area contributed by atoms with Crippen LogP contribution in [0.1, 0.15) is 47.0 Å². The number of fused-ring (bicyclic) bond motifs is 1. The second kappa shape index (κ2) is 3.11. The van der Waals surface area contributed by atoms with Gasteiger partial charge < -0.3 is 0 Å². The molecule has 3 atom stereocenters. The average Bonchev–Trinajstić information content (AvgIpc) is 2.43. The van der Waals surface area contributed by atoms with Crippen molar-refractivity contribution in [3.05, 3.63) is 0 Å². The van der Waals surface area contributed by atoms with Crippen LogP contribution in [0.15, 0.2) is 0 Å². The van der Waals surface area contributed by atoms with Crippen LogP contribution in [0.5, 0.6) is 0 Å². The molecule has 0 nitrogen and oxygen atoms in total. The van der Waals surface area contributed by atoms with Gasteiger partial charge in [0.15, 0.2) is 0 Å². The molecule has 0 radical (unpaired) electrons. The van der Waals surface area contributed by atoms with Crippen molar-refractivity contribution in [1.29, 1.82) is 0 Å². The van der Waals surface area contributed by atoms with Crippen molar-refractivity contribution < 1.29 is 21.2 Å². The van der Waals surface area contributed by atoms with E-state index in [1.54, 1.807) is 17.3 Å². The molecule has 2 rings (SSSR count). The molecule has 1 aliphatic heterocycles. The summed E-state index contributed by atoms with van der Waals surface area (Å²) in [7, 11) is 0. The molecule has 0 spiro atoms. The second-order valence-corrected chi connectivity index (χ2v) is 8.73. The van der Waals surface area contributed by atoms with Crippen LogP contribution in [0.3, 0.4) is 0 Å². The van der Waals surface area contributed by atoms with Crippen molar-refractivity contribution >= 4 is 0 Å². The first-order valence-electron chi connectivity index (χ1n) is 5.63. The van der Waals surface area contributed by atoms with Crippen molar-refractivity contribution in [2.24, 2.45) is 16.7 Å². The Hall–Kier alpha value is 0.730. The van der Waals surface area contributed by atoms with Crippen LogP contribution >= 0.6 is 0 Å². The predicted octanol–water partition coefficient (Wildman–Crippen LogP) is 0.310. The quantitative estimate of drug-likeness (QED) is 0.508. The molecule has 0 aromatic carbocycles. The van der Waals surface area contributed by atoms with Crippen LogP contribution in [0.2, 0.25) is 0 Å². The Kier molecular flexibility index (Phi) is 2.45. The van der Waals surface area contributed by atoms with Gasteiger partial charge in [-0.15, -0.1) is 0 Å². The van der Waals surface area contributed by atoms with E-state index in [0.29, 0.717) is 21.2 Å². The van der Waals surface area contributed by atoms with Crippen molar-refractivity contribution in [3.8, 4) is 0 Å². The van der Waals surface area contributed by atoms with Crippen molar-refractivity contribution in [2.75, 3.05) is 4.43 Å². The molecule has 0 aromatic heterocycles. The van der Waals surface area contributed by atoms with Gasteiger partial charge in [0.25, 0.3) is 0 Å². The number of rotatable bonds is 2. The zero-order valence-corrected chi connectivity index (χ0v) is 11.5. The van der Waals surface area contributed by atoms with Gasteiger partial charge >= 0.3 is 93.3 Å². The van der Waals surface area contributed by atoms with Gasteiger partial charge in [-0.05, 0) is 0 Å². The van der Waals surface area contributed by atoms with E-state index in [4.69, 9.17) is 0 Å². The maximum atomic E-state index is 2.54. The molecule has 13 heavy (non-hydrogen) atoms. The van der Waals surface area contributed by atoms with Gasteiger partial charge in [0.2, 0.25) is 0 Å². The normalized spacial score (nSPS) is 49.8. The Balaban J connectivity index is 2.18. The minimum atomic E-state index is 0.547. The first kappa shape index (κ1) is 10.3. The summed E-state index contributed by atoms with van der Waals surface area (Å²) in [6.45, 7) is 9.85. The van der Waals surface area contributed by atoms with E-state index in [-0.39, 0.29) is 0 Å². The molecular weight excluding hydrogens is 271 g/mol. The molecule has 0 bridgehead atoms. The Morgan fingerprint density at radius 3 is 2.69 bits per heavy atom. The van der Waals surface area contributed by atoms with Gasteiger partial charge in [0.1, 0.15) is 0 Å². The maximum absolute atomic E-state index is 2.54. The topological polar surface area (TPSA) is 0 Å². The standard InChI is InChI=1S/C12H22I/c1-5-11(4)8-12(9(2)3)6-7-13-10(11)12/h9-10H,5-8H2,1-4H3/q-1/t10-,11+,12-/m0/s1. The van der Waals surface area contributed by atoms with Crippen LogP contribution in [-0.2, 0) is 0 Å². The molecule has 1 heteroatoms. The van der Waals surface area contributed by atoms with Crippen molar-refractivity contribution in [1.82, 2.24) is 0 Å². The van der Waals surface area contributed by atoms with Gasteiger partial charge in [-0.2, -0.15) is 0 Å². The molecule has 0 N–H and O–H groups in total. The van der Waals surface area contributed by atoms with Gasteiger partial charge in [-0.1, -0.05) is 0 Å². The molecule has 0 amide bonds. The Labute approximate surface area is 93.1 Å². The molecule has 78 valence electrons. The Bertz CT molecular complexity index is 211. The number of alkyl halides is 2. The summed E-state index contributed by atoms with van der Waals surface area (Å²) in [4.78, 5) is 0. The summed E-state index contributed by atoms with van der Waals surface area (Å²) in [6, 6.07) is 0. The number of hydrogen-bond donors (Lipinski definition) is 0. The third kappa shape index (κ3) is 1.22. The molecular formula is C12H22I-. The SMILES string of the molecule is CC[C@]1(C)C[C@]2(C(C)C)CC[I-][C@@H]12. The number of halogens is 1. The fraction of sp³-hybridized carbons (Fsp3) is 1.00. The third-order valence-corrected chi connectivity index (χ3v) is 9.42. The monoisotopic (exact) mass is 293 g/mol. The summed E-state index contributed by atoms with van der Waals surface area (Å²) in [5.74, 6) is 0.944. The van der Waals surface area contributed by atoms with Gasteiger partial charge in [0.05, 0.1) is 0 Å². The van der Waals surface area contributed by atoms with E-state index in [1.165, 1.54) is 10.3 Å². The van der Waals surface area contributed by atoms with Gasteiger partial charge in [-0.3, -0.25) is 0 Å². The first-order chi connectivity index (χ1) is 6.05. The fourth-order valence-corrected chi connectivity index (χ4v) is 9.27. The zero-order chi connectivity index (χ0) is 9.69. The number of hydrogen-bond acceptors (Lipinski definition) is 0. The molecule has 0 unspecified atom stereocenters. The third-order valence-electron chi connectivity index (χ3n) is 4.63. The van der Waals surface area contributed by atoms with Crippen LogP contribution in [0, 0.1) is 16.7 Å². The van der Waals surface area contributed by atoms with Crippen LogP contribution < -0.4 is 21.2 Å². The average molecular weight is 293 g/mol. The molecule has 1 heterocycles. The molecule has 0 aromatic rings. The van der Waals surface area contributed by atoms with Gasteiger partial charge in [-0.25, -0.2) is 0 Å². The summed E-state index contributed by atoms with van der Waals surface area (Å²) in [5.41, 5.74) is 1.58. The fourth-order valence-electron chi connectivity index (χ4n) is 3.48. The molecule has 2 aliphatic rings. The van der Waals surface area contributed by atoms with E-state index in [0.717, 1.165) is 16.7 Å². The van der Waals surface area contributed by atoms with E-state index in [9.17, 15) is 0 Å². The van der Waals surface area contributed by atoms with E-state index >= 15 is 0 Å². The minimum absolute atomic E-state index is 0.547. The van der Waals surface area contributed by atoms with Gasteiger partial charge in [0, 0.05) is 0 Å². The summed E-state index contributed by atoms with van der Waals surface area (Å²) in [6.07, 6.45) is 4.53. The first-order valence-corrected chi connectivity index (χ1v) is 8.40. The summed E-state index contributed by atoms with van der Waals surface area (Å²) >= 11 is 0.547. The molecule has 1 saturated heterocycles. The second-order valence-electron chi connectivity index (χ2n) is 5.53. The van der Waals surface area contributed by atoms with Crippen LogP contribution in [0.4, 0.5) is 0 Å². The Morgan fingerprint density at radius 1 is 1.46 bits per heavy atom. The zero-order valence-electron chi connectivity index (χ0n) is 9.36. The van der Waals surface area contributed by atoms with Crippen LogP contribution in [-0.4, -0.2) is 8.35 Å². The molecule has 2 fully saturated rings. The van der Waals surface area contributed by atoms with E-state index in [2.05, 4.69) is 27.7 Å². The summed E-state index contributed by atoms with van der Waals surface area (Å²) in [5, 5.41) is 0. The summed E-state index contributed by atoms with van der Waals surface area (Å²) < 4.78 is 2.78. The van der Waals surface area contributed by atoms with Crippen molar-refractivity contribution in [3.63, 3.8) is 0 Å². The Morgan fingerprint density at radius 2 is 2.15 bits per heavy atom. The predicted molar refractivity (Wildman–Crippen MR) is 53.6 cm³/mol. The van der Waals surface area contributed by atoms with E-state index in [1.807, 2.05) is 0 Å². The van der Waals surface area contributed by atoms with Crippen molar-refractivity contribution in [2.45, 2.75) is 50.9 Å². The molecule has 1 saturated carbocycles. The van der Waals surface area contributed by atoms with E-state index < -0.39 is 0 Å². The molecule has 1 aliphatic carbocycles.